The van der Waals surface area contributed by atoms with E-state index in [-0.39, 0.29) is 18.5 Å². The van der Waals surface area contributed by atoms with Crippen molar-refractivity contribution in [3.8, 4) is 0 Å². The summed E-state index contributed by atoms with van der Waals surface area (Å²) in [5, 5.41) is 6.44. The van der Waals surface area contributed by atoms with Crippen LogP contribution in [0.2, 0.25) is 0 Å². The minimum atomic E-state index is -4.38. The van der Waals surface area contributed by atoms with Gasteiger partial charge in [-0.05, 0) is 37.5 Å². The maximum atomic E-state index is 13.0. The molecule has 8 heteroatoms. The number of guanidine groups is 1. The van der Waals surface area contributed by atoms with Gasteiger partial charge in [0.15, 0.2) is 5.96 Å². The van der Waals surface area contributed by atoms with Gasteiger partial charge in [-0.3, -0.25) is 4.79 Å². The molecule has 27 heavy (non-hydrogen) atoms. The fraction of sp³-hybridized carbons (Fsp3) is 0.579. The number of halogens is 3. The molecule has 1 aliphatic carbocycles. The second kappa shape index (κ2) is 9.10. The Labute approximate surface area is 158 Å². The molecule has 0 spiro atoms. The average molecular weight is 384 g/mol. The molecule has 1 unspecified atom stereocenters. The zero-order valence-electron chi connectivity index (χ0n) is 15.9. The van der Waals surface area contributed by atoms with Gasteiger partial charge in [0, 0.05) is 20.1 Å². The maximum Gasteiger partial charge on any atom is 0.416 e. The number of hydrogen-bond acceptors (Lipinski definition) is 2. The van der Waals surface area contributed by atoms with Gasteiger partial charge in [-0.25, -0.2) is 4.99 Å². The number of benzene rings is 1. The fourth-order valence-electron chi connectivity index (χ4n) is 2.96. The number of alkyl halides is 3. The lowest BCUT2D eigenvalue weighted by atomic mass is 10.1. The van der Waals surface area contributed by atoms with Crippen LogP contribution in [0.4, 0.5) is 13.2 Å². The zero-order valence-corrected chi connectivity index (χ0v) is 15.9. The van der Waals surface area contributed by atoms with E-state index in [1.54, 1.807) is 27.1 Å². The summed E-state index contributed by atoms with van der Waals surface area (Å²) >= 11 is 0. The molecule has 0 bridgehead atoms. The van der Waals surface area contributed by atoms with Gasteiger partial charge in [0.1, 0.15) is 6.54 Å². The number of rotatable bonds is 5. The summed E-state index contributed by atoms with van der Waals surface area (Å²) in [5.74, 6) is 0.302. The van der Waals surface area contributed by atoms with Crippen LogP contribution in [-0.2, 0) is 11.0 Å². The monoisotopic (exact) mass is 384 g/mol. The van der Waals surface area contributed by atoms with E-state index in [1.165, 1.54) is 11.0 Å². The average Bonchev–Trinajstić information content (AvgIpc) is 3.11. The Balaban J connectivity index is 2.12. The summed E-state index contributed by atoms with van der Waals surface area (Å²) in [4.78, 5) is 17.6. The van der Waals surface area contributed by atoms with Gasteiger partial charge < -0.3 is 15.5 Å². The van der Waals surface area contributed by atoms with Crippen LogP contribution >= 0.6 is 0 Å². The normalized spacial score (nSPS) is 16.9. The lowest BCUT2D eigenvalue weighted by molar-refractivity contribution is -0.137. The Morgan fingerprint density at radius 1 is 1.30 bits per heavy atom. The highest BCUT2D eigenvalue weighted by Crippen LogP contribution is 2.30. The molecule has 0 radical (unpaired) electrons. The number of hydrogen-bond donors (Lipinski definition) is 2. The van der Waals surface area contributed by atoms with Crippen molar-refractivity contribution in [3.63, 3.8) is 0 Å². The molecule has 1 saturated carbocycles. The SMILES string of the molecule is CC(NC(=NCC(=O)N(C)C)NC1CCCC1)c1cccc(C(F)(F)F)c1. The van der Waals surface area contributed by atoms with E-state index < -0.39 is 17.8 Å². The Kier molecular flexibility index (Phi) is 7.10. The minimum absolute atomic E-state index is 0.0234. The molecule has 0 aromatic heterocycles. The molecule has 1 aromatic carbocycles. The third-order valence-electron chi connectivity index (χ3n) is 4.63. The Morgan fingerprint density at radius 2 is 1.96 bits per heavy atom. The molecule has 1 amide bonds. The molecular formula is C19H27F3N4O. The third kappa shape index (κ3) is 6.45. The standard InChI is InChI=1S/C19H27F3N4O/c1-13(14-7-6-8-15(11-14)19(20,21)22)24-18(23-12-17(27)26(2)3)25-16-9-4-5-10-16/h6-8,11,13,16H,4-5,9-10,12H2,1-3H3,(H2,23,24,25). The van der Waals surface area contributed by atoms with E-state index in [0.717, 1.165) is 37.8 Å². The second-order valence-corrected chi connectivity index (χ2v) is 7.07. The van der Waals surface area contributed by atoms with Crippen molar-refractivity contribution < 1.29 is 18.0 Å². The topological polar surface area (TPSA) is 56.7 Å². The summed E-state index contributed by atoms with van der Waals surface area (Å²) in [7, 11) is 3.31. The molecule has 0 heterocycles. The summed E-state index contributed by atoms with van der Waals surface area (Å²) in [6.07, 6.45) is -0.0943. The number of nitrogens with one attached hydrogen (secondary N) is 2. The van der Waals surface area contributed by atoms with E-state index in [9.17, 15) is 18.0 Å². The number of carbonyl (C=O) groups excluding carboxylic acids is 1. The first-order valence-corrected chi connectivity index (χ1v) is 9.11. The number of likely N-dealkylation sites (N-methyl/N-ethyl adjacent to an activating group) is 1. The number of aliphatic imine (C=N–C) groups is 1. The van der Waals surface area contributed by atoms with Crippen molar-refractivity contribution in [2.45, 2.75) is 50.9 Å². The van der Waals surface area contributed by atoms with Crippen LogP contribution in [0.25, 0.3) is 0 Å². The number of nitrogens with zero attached hydrogens (tertiary/aromatic N) is 2. The van der Waals surface area contributed by atoms with Crippen LogP contribution in [0.15, 0.2) is 29.3 Å². The van der Waals surface area contributed by atoms with Crippen LogP contribution < -0.4 is 10.6 Å². The molecular weight excluding hydrogens is 357 g/mol. The first-order valence-electron chi connectivity index (χ1n) is 9.11. The van der Waals surface area contributed by atoms with Crippen molar-refractivity contribution in [3.05, 3.63) is 35.4 Å². The highest BCUT2D eigenvalue weighted by molar-refractivity contribution is 5.85. The van der Waals surface area contributed by atoms with Crippen LogP contribution in [0, 0.1) is 0 Å². The van der Waals surface area contributed by atoms with Crippen LogP contribution in [-0.4, -0.2) is 43.4 Å². The number of carbonyl (C=O) groups is 1. The lowest BCUT2D eigenvalue weighted by Gasteiger charge is -2.22. The van der Waals surface area contributed by atoms with Gasteiger partial charge in [-0.15, -0.1) is 0 Å². The van der Waals surface area contributed by atoms with Crippen LogP contribution in [0.1, 0.15) is 49.8 Å². The van der Waals surface area contributed by atoms with E-state index >= 15 is 0 Å². The summed E-state index contributed by atoms with van der Waals surface area (Å²) in [6, 6.07) is 5.10. The first-order chi connectivity index (χ1) is 12.7. The van der Waals surface area contributed by atoms with E-state index in [4.69, 9.17) is 0 Å². The van der Waals surface area contributed by atoms with Crippen LogP contribution in [0.3, 0.4) is 0 Å². The van der Waals surface area contributed by atoms with Crippen LogP contribution in [0.5, 0.6) is 0 Å². The summed E-state index contributed by atoms with van der Waals surface area (Å²) in [5.41, 5.74) is -0.177. The molecule has 150 valence electrons. The van der Waals surface area contributed by atoms with Crippen molar-refractivity contribution in [2.24, 2.45) is 4.99 Å². The Morgan fingerprint density at radius 3 is 2.56 bits per heavy atom. The highest BCUT2D eigenvalue weighted by Gasteiger charge is 2.30. The predicted octanol–water partition coefficient (Wildman–Crippen LogP) is 3.33. The van der Waals surface area contributed by atoms with Crippen molar-refractivity contribution in [1.82, 2.24) is 15.5 Å². The van der Waals surface area contributed by atoms with E-state index in [2.05, 4.69) is 15.6 Å². The molecule has 1 fully saturated rings. The van der Waals surface area contributed by atoms with Gasteiger partial charge in [-0.1, -0.05) is 25.0 Å². The zero-order chi connectivity index (χ0) is 20.0. The Bertz CT molecular complexity index is 667. The minimum Gasteiger partial charge on any atom is -0.354 e. The van der Waals surface area contributed by atoms with Gasteiger partial charge in [0.25, 0.3) is 0 Å². The largest absolute Gasteiger partial charge is 0.416 e. The van der Waals surface area contributed by atoms with Gasteiger partial charge in [-0.2, -0.15) is 13.2 Å². The van der Waals surface area contributed by atoms with Gasteiger partial charge in [0.05, 0.1) is 11.6 Å². The molecule has 1 aliphatic rings. The highest BCUT2D eigenvalue weighted by atomic mass is 19.4. The molecule has 0 aliphatic heterocycles. The smallest absolute Gasteiger partial charge is 0.354 e. The molecule has 2 N–H and O–H groups in total. The predicted molar refractivity (Wildman–Crippen MR) is 99.4 cm³/mol. The molecule has 0 saturated heterocycles. The molecule has 2 rings (SSSR count). The molecule has 1 aromatic rings. The summed E-state index contributed by atoms with van der Waals surface area (Å²) < 4.78 is 38.9. The van der Waals surface area contributed by atoms with Gasteiger partial charge in [0.2, 0.25) is 5.91 Å². The van der Waals surface area contributed by atoms with Gasteiger partial charge >= 0.3 is 6.18 Å². The fourth-order valence-corrected chi connectivity index (χ4v) is 2.96. The van der Waals surface area contributed by atoms with E-state index in [1.807, 2.05) is 0 Å². The quantitative estimate of drug-likeness (QED) is 0.605. The summed E-state index contributed by atoms with van der Waals surface area (Å²) in [6.45, 7) is 1.75. The Hall–Kier alpha value is -2.25. The molecule has 5 nitrogen and oxygen atoms in total. The maximum absolute atomic E-state index is 13.0. The van der Waals surface area contributed by atoms with Crippen molar-refractivity contribution in [2.75, 3.05) is 20.6 Å². The second-order valence-electron chi connectivity index (χ2n) is 7.07. The third-order valence-corrected chi connectivity index (χ3v) is 4.63. The number of amides is 1. The first kappa shape index (κ1) is 21.1. The van der Waals surface area contributed by atoms with Crippen molar-refractivity contribution >= 4 is 11.9 Å². The van der Waals surface area contributed by atoms with Crippen molar-refractivity contribution in [1.29, 1.82) is 0 Å². The van der Waals surface area contributed by atoms with E-state index in [0.29, 0.717) is 11.5 Å². The molecule has 1 atom stereocenters. The lowest BCUT2D eigenvalue weighted by Crippen LogP contribution is -2.44.